The van der Waals surface area contributed by atoms with Crippen LogP contribution in [0.2, 0.25) is 0 Å². The molecule has 1 saturated heterocycles. The fraction of sp³-hybridized carbons (Fsp3) is 0.591. The van der Waals surface area contributed by atoms with Crippen molar-refractivity contribution in [3.8, 4) is 0 Å². The van der Waals surface area contributed by atoms with Gasteiger partial charge in [0, 0.05) is 4.90 Å². The first-order valence-corrected chi connectivity index (χ1v) is 11.7. The van der Waals surface area contributed by atoms with Crippen molar-refractivity contribution in [2.45, 2.75) is 48.8 Å². The highest BCUT2D eigenvalue weighted by Crippen LogP contribution is 2.41. The predicted octanol–water partition coefficient (Wildman–Crippen LogP) is 2.37. The maximum atomic E-state index is 13.4. The van der Waals surface area contributed by atoms with Crippen LogP contribution in [0, 0.1) is 17.8 Å². The summed E-state index contributed by atoms with van der Waals surface area (Å²) in [7, 11) is 0. The Morgan fingerprint density at radius 2 is 1.90 bits per heavy atom. The second-order valence-corrected chi connectivity index (χ2v) is 9.54. The Morgan fingerprint density at radius 1 is 1.19 bits per heavy atom. The number of anilines is 1. The van der Waals surface area contributed by atoms with Crippen LogP contribution < -0.4 is 16.0 Å². The lowest BCUT2D eigenvalue weighted by molar-refractivity contribution is -0.147. The zero-order chi connectivity index (χ0) is 22.4. The molecule has 0 aliphatic carbocycles. The van der Waals surface area contributed by atoms with Gasteiger partial charge in [0.25, 0.3) is 0 Å². The van der Waals surface area contributed by atoms with Crippen molar-refractivity contribution in [1.82, 2.24) is 5.32 Å². The Bertz CT molecular complexity index is 799. The summed E-state index contributed by atoms with van der Waals surface area (Å²) in [6.45, 7) is 1.54. The van der Waals surface area contributed by atoms with Crippen molar-refractivity contribution in [3.05, 3.63) is 24.3 Å². The van der Waals surface area contributed by atoms with Crippen LogP contribution in [0.15, 0.2) is 29.2 Å². The number of carboxylic acids is 2. The SMILES string of the molecule is NC1Sc2ccccc2N(CC(=O)O)C(=O)[C@@H]1[C@@H](CCCCC1CCNCC1)C(=O)O. The molecule has 2 aliphatic rings. The Balaban J connectivity index is 1.74. The van der Waals surface area contributed by atoms with Gasteiger partial charge in [-0.25, -0.2) is 0 Å². The Hall–Kier alpha value is -2.10. The van der Waals surface area contributed by atoms with E-state index in [1.165, 1.54) is 16.7 Å². The van der Waals surface area contributed by atoms with E-state index in [2.05, 4.69) is 5.32 Å². The van der Waals surface area contributed by atoms with Gasteiger partial charge < -0.3 is 21.3 Å². The number of nitrogens with zero attached hydrogens (tertiary/aromatic N) is 1. The fourth-order valence-corrected chi connectivity index (χ4v) is 5.76. The number of aliphatic carboxylic acids is 2. The second-order valence-electron chi connectivity index (χ2n) is 8.32. The number of fused-ring (bicyclic) bond motifs is 1. The highest BCUT2D eigenvalue weighted by atomic mass is 32.2. The van der Waals surface area contributed by atoms with Gasteiger partial charge in [-0.15, -0.1) is 11.8 Å². The van der Waals surface area contributed by atoms with Crippen LogP contribution in [0.1, 0.15) is 38.5 Å². The molecule has 0 radical (unpaired) electrons. The van der Waals surface area contributed by atoms with Gasteiger partial charge in [0.2, 0.25) is 5.91 Å². The number of thioether (sulfide) groups is 1. The third kappa shape index (κ3) is 5.99. The number of rotatable bonds is 9. The molecule has 3 rings (SSSR count). The molecule has 1 fully saturated rings. The lowest BCUT2D eigenvalue weighted by atomic mass is 9.85. The van der Waals surface area contributed by atoms with E-state index in [1.807, 2.05) is 0 Å². The first-order chi connectivity index (χ1) is 14.9. The third-order valence-corrected chi connectivity index (χ3v) is 7.37. The monoisotopic (exact) mass is 449 g/mol. The summed E-state index contributed by atoms with van der Waals surface area (Å²) < 4.78 is 0. The van der Waals surface area contributed by atoms with Gasteiger partial charge in [-0.1, -0.05) is 31.4 Å². The minimum atomic E-state index is -1.16. The quantitative estimate of drug-likeness (QED) is 0.422. The number of unbranched alkanes of at least 4 members (excludes halogenated alkanes) is 1. The molecule has 2 aliphatic heterocycles. The molecule has 0 bridgehead atoms. The number of nitrogens with one attached hydrogen (secondary N) is 1. The molecule has 0 aromatic heterocycles. The number of amides is 1. The molecule has 1 aromatic carbocycles. The van der Waals surface area contributed by atoms with E-state index >= 15 is 0 Å². The minimum Gasteiger partial charge on any atom is -0.481 e. The summed E-state index contributed by atoms with van der Waals surface area (Å²) in [6.07, 6.45) is 5.32. The molecule has 8 nitrogen and oxygen atoms in total. The van der Waals surface area contributed by atoms with Crippen LogP contribution in [0.5, 0.6) is 0 Å². The van der Waals surface area contributed by atoms with E-state index in [0.717, 1.165) is 38.8 Å². The highest BCUT2D eigenvalue weighted by Gasteiger charge is 2.43. The maximum absolute atomic E-state index is 13.4. The van der Waals surface area contributed by atoms with Gasteiger partial charge in [-0.3, -0.25) is 19.3 Å². The molecule has 0 spiro atoms. The van der Waals surface area contributed by atoms with Gasteiger partial charge in [-0.05, 0) is 50.4 Å². The van der Waals surface area contributed by atoms with E-state index in [-0.39, 0.29) is 0 Å². The van der Waals surface area contributed by atoms with Crippen molar-refractivity contribution in [1.29, 1.82) is 0 Å². The molecule has 0 saturated carbocycles. The van der Waals surface area contributed by atoms with Crippen molar-refractivity contribution in [3.63, 3.8) is 0 Å². The summed E-state index contributed by atoms with van der Waals surface area (Å²) in [6, 6.07) is 6.97. The zero-order valence-electron chi connectivity index (χ0n) is 17.5. The molecule has 1 unspecified atom stereocenters. The fourth-order valence-electron chi connectivity index (χ4n) is 4.56. The van der Waals surface area contributed by atoms with Crippen LogP contribution in [0.4, 0.5) is 5.69 Å². The summed E-state index contributed by atoms with van der Waals surface area (Å²) in [5.41, 5.74) is 6.80. The molecule has 9 heteroatoms. The van der Waals surface area contributed by atoms with Crippen molar-refractivity contribution in [2.24, 2.45) is 23.5 Å². The van der Waals surface area contributed by atoms with Crippen LogP contribution >= 0.6 is 11.8 Å². The number of nitrogens with two attached hydrogens (primary N) is 1. The number of hydrogen-bond acceptors (Lipinski definition) is 6. The Labute approximate surface area is 186 Å². The van der Waals surface area contributed by atoms with Gasteiger partial charge in [0.15, 0.2) is 0 Å². The second kappa shape index (κ2) is 11.0. The highest BCUT2D eigenvalue weighted by molar-refractivity contribution is 8.00. The van der Waals surface area contributed by atoms with Crippen molar-refractivity contribution >= 4 is 35.3 Å². The molecule has 1 amide bonds. The average Bonchev–Trinajstić information content (AvgIpc) is 2.83. The molecule has 2 heterocycles. The molecule has 5 N–H and O–H groups in total. The number of benzene rings is 1. The Kier molecular flexibility index (Phi) is 8.34. The largest absolute Gasteiger partial charge is 0.481 e. The minimum absolute atomic E-state index is 0.349. The van der Waals surface area contributed by atoms with E-state index in [4.69, 9.17) is 5.73 Å². The normalized spacial score (nSPS) is 23.1. The number of hydrogen-bond donors (Lipinski definition) is 4. The van der Waals surface area contributed by atoms with Gasteiger partial charge >= 0.3 is 11.9 Å². The van der Waals surface area contributed by atoms with Gasteiger partial charge in [0.05, 0.1) is 22.9 Å². The van der Waals surface area contributed by atoms with Crippen LogP contribution in [-0.4, -0.2) is 53.1 Å². The third-order valence-electron chi connectivity index (χ3n) is 6.20. The number of para-hydroxylation sites is 1. The van der Waals surface area contributed by atoms with E-state index in [1.54, 1.807) is 24.3 Å². The summed E-state index contributed by atoms with van der Waals surface area (Å²) in [4.78, 5) is 38.8. The van der Waals surface area contributed by atoms with Crippen LogP contribution in [0.25, 0.3) is 0 Å². The first kappa shape index (κ1) is 23.6. The molecular formula is C22H31N3O5S. The average molecular weight is 450 g/mol. The van der Waals surface area contributed by atoms with Gasteiger partial charge in [0.1, 0.15) is 6.54 Å². The standard InChI is InChI=1S/C22H31N3O5S/c23-20-19(15(22(29)30)6-2-1-5-14-9-11-24-12-10-14)21(28)25(13-18(26)27)16-7-3-4-8-17(16)31-20/h3-4,7-8,14-15,19-20,24H,1-2,5-6,9-13,23H2,(H,26,27)(H,29,30)/t15-,19-,20?/m1/s1. The smallest absolute Gasteiger partial charge is 0.323 e. The first-order valence-electron chi connectivity index (χ1n) is 10.9. The maximum Gasteiger partial charge on any atom is 0.323 e. The van der Waals surface area contributed by atoms with Crippen LogP contribution in [-0.2, 0) is 14.4 Å². The molecular weight excluding hydrogens is 418 g/mol. The van der Waals surface area contributed by atoms with E-state index in [9.17, 15) is 24.6 Å². The number of carbonyl (C=O) groups excluding carboxylic acids is 1. The Morgan fingerprint density at radius 3 is 2.58 bits per heavy atom. The van der Waals surface area contributed by atoms with Crippen molar-refractivity contribution < 1.29 is 24.6 Å². The van der Waals surface area contributed by atoms with E-state index in [0.29, 0.717) is 29.3 Å². The summed E-state index contributed by atoms with van der Waals surface area (Å²) in [5.74, 6) is -4.02. The summed E-state index contributed by atoms with van der Waals surface area (Å²) in [5, 5.41) is 21.8. The summed E-state index contributed by atoms with van der Waals surface area (Å²) >= 11 is 1.24. The molecule has 31 heavy (non-hydrogen) atoms. The van der Waals surface area contributed by atoms with E-state index < -0.39 is 41.6 Å². The molecule has 170 valence electrons. The lowest BCUT2D eigenvalue weighted by Gasteiger charge is -2.29. The topological polar surface area (TPSA) is 133 Å². The zero-order valence-corrected chi connectivity index (χ0v) is 18.4. The lowest BCUT2D eigenvalue weighted by Crippen LogP contribution is -2.48. The number of carbonyl (C=O) groups is 3. The molecule has 3 atom stereocenters. The number of carboxylic acid groups (broad SMARTS) is 2. The van der Waals surface area contributed by atoms with Gasteiger partial charge in [-0.2, -0.15) is 0 Å². The predicted molar refractivity (Wildman–Crippen MR) is 119 cm³/mol. The van der Waals surface area contributed by atoms with Crippen LogP contribution in [0.3, 0.4) is 0 Å². The number of piperidine rings is 1. The van der Waals surface area contributed by atoms with Crippen molar-refractivity contribution in [2.75, 3.05) is 24.5 Å². The molecule has 1 aromatic rings.